The largest absolute Gasteiger partial charge is 0.463 e. The molecule has 1 N–H and O–H groups in total. The maximum atomic E-state index is 11.8. The highest BCUT2D eigenvalue weighted by atomic mass is 16.6. The summed E-state index contributed by atoms with van der Waals surface area (Å²) in [6.07, 6.45) is 10.3. The molecule has 0 heterocycles. The van der Waals surface area contributed by atoms with Crippen LogP contribution in [0.15, 0.2) is 0 Å². The van der Waals surface area contributed by atoms with E-state index in [4.69, 9.17) is 43.0 Å². The molecule has 10 nitrogen and oxygen atoms in total. The maximum absolute atomic E-state index is 11.8. The first-order valence-electron chi connectivity index (χ1n) is 15.0. The van der Waals surface area contributed by atoms with Crippen molar-refractivity contribution in [1.82, 2.24) is 0 Å². The van der Waals surface area contributed by atoms with Crippen molar-refractivity contribution < 1.29 is 47.8 Å². The van der Waals surface area contributed by atoms with Gasteiger partial charge in [0, 0.05) is 6.42 Å². The van der Waals surface area contributed by atoms with Crippen LogP contribution in [-0.2, 0) is 42.7 Å². The second-order valence-electron chi connectivity index (χ2n) is 9.64. The third-order valence-corrected chi connectivity index (χ3v) is 5.62. The van der Waals surface area contributed by atoms with Gasteiger partial charge in [-0.15, -0.1) is 0 Å². The normalized spacial score (nSPS) is 11.5. The summed E-state index contributed by atoms with van der Waals surface area (Å²) >= 11 is 0. The Labute approximate surface area is 237 Å². The van der Waals surface area contributed by atoms with Crippen LogP contribution in [-0.4, -0.2) is 117 Å². The minimum absolute atomic E-state index is 0.0265. The Morgan fingerprint density at radius 3 is 1.21 bits per heavy atom. The fourth-order valence-electron chi connectivity index (χ4n) is 3.48. The standard InChI is InChI=1S/C29H58O10/c1-28(2)10-8-6-4-3-5-7-9-11-29(31)39-27-26-38-25-24-37-23-22-36-21-20-35-19-18-34-17-16-33-15-14-32-13-12-30/h28,30H,3-27H2,1-2H3. The molecule has 39 heavy (non-hydrogen) atoms. The molecule has 0 radical (unpaired) electrons. The number of carbonyl (C=O) groups is 1. The second kappa shape index (κ2) is 33.4. The molecule has 0 bridgehead atoms. The van der Waals surface area contributed by atoms with Crippen LogP contribution >= 0.6 is 0 Å². The fraction of sp³-hybridized carbons (Fsp3) is 0.966. The van der Waals surface area contributed by atoms with E-state index in [0.29, 0.717) is 98.9 Å². The van der Waals surface area contributed by atoms with Crippen molar-refractivity contribution in [3.8, 4) is 0 Å². The van der Waals surface area contributed by atoms with Gasteiger partial charge in [0.15, 0.2) is 0 Å². The second-order valence-corrected chi connectivity index (χ2v) is 9.64. The molecule has 0 fully saturated rings. The van der Waals surface area contributed by atoms with Crippen LogP contribution < -0.4 is 0 Å². The summed E-state index contributed by atoms with van der Waals surface area (Å²) in [5.41, 5.74) is 0. The van der Waals surface area contributed by atoms with Crippen molar-refractivity contribution in [2.45, 2.75) is 71.6 Å². The van der Waals surface area contributed by atoms with E-state index in [2.05, 4.69) is 13.8 Å². The molecule has 0 saturated carbocycles. The fourth-order valence-corrected chi connectivity index (χ4v) is 3.48. The number of unbranched alkanes of at least 4 members (excludes halogenated alkanes) is 6. The average molecular weight is 567 g/mol. The number of aliphatic hydroxyl groups is 1. The smallest absolute Gasteiger partial charge is 0.305 e. The van der Waals surface area contributed by atoms with Gasteiger partial charge < -0.3 is 43.0 Å². The van der Waals surface area contributed by atoms with Crippen LogP contribution in [0.2, 0.25) is 0 Å². The van der Waals surface area contributed by atoms with E-state index in [1.165, 1.54) is 38.5 Å². The molecule has 0 spiro atoms. The Kier molecular flexibility index (Phi) is 32.6. The molecule has 0 atom stereocenters. The van der Waals surface area contributed by atoms with Crippen molar-refractivity contribution in [3.05, 3.63) is 0 Å². The Bertz CT molecular complexity index is 479. The molecule has 0 aromatic heterocycles. The molecular weight excluding hydrogens is 508 g/mol. The summed E-state index contributed by atoms with van der Waals surface area (Å²) in [6.45, 7) is 11.5. The third-order valence-electron chi connectivity index (χ3n) is 5.62. The number of hydrogen-bond donors (Lipinski definition) is 1. The van der Waals surface area contributed by atoms with E-state index in [9.17, 15) is 4.79 Å². The molecule has 234 valence electrons. The lowest BCUT2D eigenvalue weighted by atomic mass is 10.0. The minimum Gasteiger partial charge on any atom is -0.463 e. The van der Waals surface area contributed by atoms with Crippen molar-refractivity contribution >= 4 is 5.97 Å². The Balaban J connectivity index is 3.13. The van der Waals surface area contributed by atoms with Crippen molar-refractivity contribution in [3.63, 3.8) is 0 Å². The van der Waals surface area contributed by atoms with Crippen LogP contribution in [0, 0.1) is 5.92 Å². The number of ether oxygens (including phenoxy) is 8. The van der Waals surface area contributed by atoms with Gasteiger partial charge in [-0.25, -0.2) is 0 Å². The van der Waals surface area contributed by atoms with Gasteiger partial charge in [-0.3, -0.25) is 4.79 Å². The van der Waals surface area contributed by atoms with E-state index in [0.717, 1.165) is 18.8 Å². The van der Waals surface area contributed by atoms with Gasteiger partial charge >= 0.3 is 5.97 Å². The van der Waals surface area contributed by atoms with E-state index >= 15 is 0 Å². The molecule has 10 heteroatoms. The summed E-state index contributed by atoms with van der Waals surface area (Å²) in [4.78, 5) is 11.8. The molecule has 0 saturated heterocycles. The molecule has 0 unspecified atom stereocenters. The number of carbonyl (C=O) groups excluding carboxylic acids is 1. The summed E-state index contributed by atoms with van der Waals surface area (Å²) in [6, 6.07) is 0. The van der Waals surface area contributed by atoms with Gasteiger partial charge in [-0.05, 0) is 12.3 Å². The zero-order valence-corrected chi connectivity index (χ0v) is 24.9. The summed E-state index contributed by atoms with van der Waals surface area (Å²) in [7, 11) is 0. The van der Waals surface area contributed by atoms with Crippen LogP contribution in [0.25, 0.3) is 0 Å². The third kappa shape index (κ3) is 35.1. The topological polar surface area (TPSA) is 111 Å². The quantitative estimate of drug-likeness (QED) is 0.0930. The van der Waals surface area contributed by atoms with Crippen molar-refractivity contribution in [2.75, 3.05) is 106 Å². The number of aliphatic hydroxyl groups excluding tert-OH is 1. The minimum atomic E-state index is -0.136. The predicted molar refractivity (Wildman–Crippen MR) is 150 cm³/mol. The highest BCUT2D eigenvalue weighted by molar-refractivity contribution is 5.69. The lowest BCUT2D eigenvalue weighted by Crippen LogP contribution is -2.15. The highest BCUT2D eigenvalue weighted by Crippen LogP contribution is 2.12. The van der Waals surface area contributed by atoms with Crippen LogP contribution in [0.5, 0.6) is 0 Å². The van der Waals surface area contributed by atoms with Gasteiger partial charge in [-0.2, -0.15) is 0 Å². The van der Waals surface area contributed by atoms with Crippen molar-refractivity contribution in [2.24, 2.45) is 5.92 Å². The first-order valence-corrected chi connectivity index (χ1v) is 15.0. The summed E-state index contributed by atoms with van der Waals surface area (Å²) in [5.74, 6) is 0.673. The van der Waals surface area contributed by atoms with Gasteiger partial charge in [-0.1, -0.05) is 58.8 Å². The number of rotatable bonds is 33. The van der Waals surface area contributed by atoms with Crippen LogP contribution in [0.4, 0.5) is 0 Å². The number of esters is 1. The number of hydrogen-bond acceptors (Lipinski definition) is 10. The summed E-state index contributed by atoms with van der Waals surface area (Å²) in [5, 5.41) is 8.56. The first-order chi connectivity index (χ1) is 19.2. The summed E-state index contributed by atoms with van der Waals surface area (Å²) < 4.78 is 42.7. The lowest BCUT2D eigenvalue weighted by Gasteiger charge is -2.08. The molecule has 0 aromatic rings. The maximum Gasteiger partial charge on any atom is 0.305 e. The lowest BCUT2D eigenvalue weighted by molar-refractivity contribution is -0.145. The predicted octanol–water partition coefficient (Wildman–Crippen LogP) is 3.81. The Morgan fingerprint density at radius 1 is 0.487 bits per heavy atom. The molecule has 0 amide bonds. The van der Waals surface area contributed by atoms with E-state index < -0.39 is 0 Å². The molecule has 0 rings (SSSR count). The van der Waals surface area contributed by atoms with E-state index in [1.54, 1.807) is 0 Å². The Morgan fingerprint density at radius 2 is 0.821 bits per heavy atom. The van der Waals surface area contributed by atoms with Crippen molar-refractivity contribution in [1.29, 1.82) is 0 Å². The molecular formula is C29H58O10. The highest BCUT2D eigenvalue weighted by Gasteiger charge is 2.03. The van der Waals surface area contributed by atoms with Gasteiger partial charge in [0.05, 0.1) is 99.1 Å². The monoisotopic (exact) mass is 566 g/mol. The Hall–Kier alpha value is -0.850. The average Bonchev–Trinajstić information content (AvgIpc) is 2.92. The zero-order chi connectivity index (χ0) is 28.5. The van der Waals surface area contributed by atoms with Gasteiger partial charge in [0.25, 0.3) is 0 Å². The van der Waals surface area contributed by atoms with Crippen LogP contribution in [0.1, 0.15) is 71.6 Å². The van der Waals surface area contributed by atoms with Gasteiger partial charge in [0.1, 0.15) is 6.61 Å². The molecule has 0 aromatic carbocycles. The molecule has 0 aliphatic carbocycles. The van der Waals surface area contributed by atoms with E-state index in [1.807, 2.05) is 0 Å². The SMILES string of the molecule is CC(C)CCCCCCCCCC(=O)OCCOCCOCCOCCOCCOCCOCCOCCO. The van der Waals surface area contributed by atoms with Gasteiger partial charge in [0.2, 0.25) is 0 Å². The van der Waals surface area contributed by atoms with E-state index in [-0.39, 0.29) is 19.2 Å². The molecule has 0 aliphatic heterocycles. The zero-order valence-electron chi connectivity index (χ0n) is 24.9. The molecule has 0 aliphatic rings. The van der Waals surface area contributed by atoms with Crippen LogP contribution in [0.3, 0.4) is 0 Å². The first kappa shape index (κ1) is 38.1.